The van der Waals surface area contributed by atoms with Gasteiger partial charge in [-0.25, -0.2) is 9.78 Å². The molecule has 0 aliphatic carbocycles. The van der Waals surface area contributed by atoms with Crippen LogP contribution in [0.1, 0.15) is 10.6 Å². The van der Waals surface area contributed by atoms with E-state index in [1.165, 1.54) is 17.4 Å². The lowest BCUT2D eigenvalue weighted by Crippen LogP contribution is -2.03. The van der Waals surface area contributed by atoms with Crippen LogP contribution in [-0.2, 0) is 0 Å². The molecule has 0 N–H and O–H groups in total. The van der Waals surface area contributed by atoms with E-state index in [1.807, 2.05) is 24.3 Å². The second kappa shape index (κ2) is 8.33. The number of hydrogen-bond acceptors (Lipinski definition) is 6. The molecule has 0 spiro atoms. The number of rotatable bonds is 4. The zero-order valence-corrected chi connectivity index (χ0v) is 17.8. The van der Waals surface area contributed by atoms with Crippen LogP contribution in [0.3, 0.4) is 0 Å². The van der Waals surface area contributed by atoms with Crippen LogP contribution in [0.25, 0.3) is 33.9 Å². The van der Waals surface area contributed by atoms with Crippen LogP contribution in [0.5, 0.6) is 5.75 Å². The Bertz CT molecular complexity index is 1380. The van der Waals surface area contributed by atoms with E-state index in [9.17, 15) is 10.1 Å². The number of benzene rings is 2. The summed E-state index contributed by atoms with van der Waals surface area (Å²) in [5.41, 5.74) is 1.59. The third-order valence-electron chi connectivity index (χ3n) is 4.31. The Kier molecular flexibility index (Phi) is 5.60. The van der Waals surface area contributed by atoms with Gasteiger partial charge in [-0.2, -0.15) is 5.26 Å². The number of nitrogens with zero attached hydrogens (tertiary/aromatic N) is 2. The van der Waals surface area contributed by atoms with Crippen molar-refractivity contribution in [2.24, 2.45) is 0 Å². The summed E-state index contributed by atoms with van der Waals surface area (Å²) in [5.74, 6) is 0.727. The molecule has 0 amide bonds. The standard InChI is InChI=1S/C22H12Cl2N2O3S/c1-28-16-4-2-12(3-5-16)6-14(10-25)21-26-19(11-30-21)17-8-13-7-15(23)9-18(24)20(13)29-22(17)27/h2-9,11H,1H3. The van der Waals surface area contributed by atoms with Crippen molar-refractivity contribution >= 4 is 57.2 Å². The molecule has 0 radical (unpaired) electrons. The number of allylic oxidation sites excluding steroid dienone is 1. The average Bonchev–Trinajstić information content (AvgIpc) is 3.22. The molecule has 4 rings (SSSR count). The zero-order valence-electron chi connectivity index (χ0n) is 15.5. The Morgan fingerprint density at radius 3 is 2.70 bits per heavy atom. The third-order valence-corrected chi connectivity index (χ3v) is 5.68. The number of fused-ring (bicyclic) bond motifs is 1. The van der Waals surface area contributed by atoms with Crippen molar-refractivity contribution in [2.45, 2.75) is 0 Å². The first kappa shape index (κ1) is 20.2. The summed E-state index contributed by atoms with van der Waals surface area (Å²) in [6, 6.07) is 14.3. The van der Waals surface area contributed by atoms with Crippen molar-refractivity contribution in [3.05, 3.63) is 78.9 Å². The molecule has 2 heterocycles. The van der Waals surface area contributed by atoms with Crippen LogP contribution in [0.15, 0.2) is 57.1 Å². The van der Waals surface area contributed by atoms with Gasteiger partial charge in [0.05, 0.1) is 29.0 Å². The van der Waals surface area contributed by atoms with Crippen LogP contribution in [0.2, 0.25) is 10.0 Å². The highest BCUT2D eigenvalue weighted by atomic mass is 35.5. The van der Waals surface area contributed by atoms with E-state index in [2.05, 4.69) is 11.1 Å². The second-order valence-electron chi connectivity index (χ2n) is 6.23. The van der Waals surface area contributed by atoms with Crippen LogP contribution < -0.4 is 10.4 Å². The Morgan fingerprint density at radius 2 is 2.00 bits per heavy atom. The average molecular weight is 455 g/mol. The first-order valence-electron chi connectivity index (χ1n) is 8.63. The first-order valence-corrected chi connectivity index (χ1v) is 10.3. The third kappa shape index (κ3) is 3.96. The minimum absolute atomic E-state index is 0.259. The summed E-state index contributed by atoms with van der Waals surface area (Å²) in [6.45, 7) is 0. The van der Waals surface area contributed by atoms with E-state index in [4.69, 9.17) is 32.4 Å². The Morgan fingerprint density at radius 1 is 1.23 bits per heavy atom. The van der Waals surface area contributed by atoms with Crippen molar-refractivity contribution in [1.29, 1.82) is 5.26 Å². The quantitative estimate of drug-likeness (QED) is 0.267. The lowest BCUT2D eigenvalue weighted by atomic mass is 10.1. The fourth-order valence-corrected chi connectivity index (χ4v) is 4.20. The van der Waals surface area contributed by atoms with Gasteiger partial charge in [0.25, 0.3) is 0 Å². The molecule has 0 aliphatic heterocycles. The van der Waals surface area contributed by atoms with Gasteiger partial charge in [0.2, 0.25) is 0 Å². The molecule has 0 fully saturated rings. The van der Waals surface area contributed by atoms with Crippen molar-refractivity contribution < 1.29 is 9.15 Å². The van der Waals surface area contributed by atoms with Gasteiger partial charge in [-0.1, -0.05) is 35.3 Å². The Labute approximate surface area is 185 Å². The molecule has 0 aliphatic rings. The molecule has 0 saturated heterocycles. The molecule has 2 aromatic heterocycles. The van der Waals surface area contributed by atoms with E-state index >= 15 is 0 Å². The van der Waals surface area contributed by atoms with Crippen molar-refractivity contribution in [3.8, 4) is 23.1 Å². The van der Waals surface area contributed by atoms with Gasteiger partial charge >= 0.3 is 5.63 Å². The van der Waals surface area contributed by atoms with E-state index in [0.29, 0.717) is 26.7 Å². The van der Waals surface area contributed by atoms with Crippen LogP contribution in [-0.4, -0.2) is 12.1 Å². The fourth-order valence-electron chi connectivity index (χ4n) is 2.87. The maximum absolute atomic E-state index is 12.5. The number of halogens is 2. The number of nitriles is 1. The molecule has 8 heteroatoms. The van der Waals surface area contributed by atoms with Crippen molar-refractivity contribution in [1.82, 2.24) is 4.98 Å². The van der Waals surface area contributed by atoms with E-state index in [1.54, 1.807) is 30.7 Å². The lowest BCUT2D eigenvalue weighted by Gasteiger charge is -2.02. The molecule has 0 bridgehead atoms. The van der Waals surface area contributed by atoms with E-state index in [-0.39, 0.29) is 16.2 Å². The van der Waals surface area contributed by atoms with Gasteiger partial charge in [0, 0.05) is 15.8 Å². The Hall–Kier alpha value is -3.11. The monoisotopic (exact) mass is 454 g/mol. The minimum atomic E-state index is -0.568. The summed E-state index contributed by atoms with van der Waals surface area (Å²) in [4.78, 5) is 17.0. The summed E-state index contributed by atoms with van der Waals surface area (Å²) in [6.07, 6.45) is 1.73. The number of aromatic nitrogens is 1. The van der Waals surface area contributed by atoms with Crippen LogP contribution in [0, 0.1) is 11.3 Å². The predicted molar refractivity (Wildman–Crippen MR) is 120 cm³/mol. The lowest BCUT2D eigenvalue weighted by molar-refractivity contribution is 0.415. The number of thiazole rings is 1. The number of methoxy groups -OCH3 is 1. The molecule has 148 valence electrons. The molecule has 0 atom stereocenters. The molecule has 0 saturated carbocycles. The van der Waals surface area contributed by atoms with Crippen molar-refractivity contribution in [2.75, 3.05) is 7.11 Å². The smallest absolute Gasteiger partial charge is 0.345 e. The van der Waals surface area contributed by atoms with Gasteiger partial charge in [0.15, 0.2) is 5.58 Å². The van der Waals surface area contributed by atoms with Gasteiger partial charge in [0.1, 0.15) is 16.8 Å². The normalized spacial score (nSPS) is 11.5. The highest BCUT2D eigenvalue weighted by Gasteiger charge is 2.15. The SMILES string of the molecule is COc1ccc(C=C(C#N)c2nc(-c3cc4cc(Cl)cc(Cl)c4oc3=O)cs2)cc1. The fraction of sp³-hybridized carbons (Fsp3) is 0.0455. The summed E-state index contributed by atoms with van der Waals surface area (Å²) >= 11 is 13.4. The van der Waals surface area contributed by atoms with E-state index in [0.717, 1.165) is 11.3 Å². The maximum Gasteiger partial charge on any atom is 0.345 e. The highest BCUT2D eigenvalue weighted by Crippen LogP contribution is 2.31. The van der Waals surface area contributed by atoms with Crippen molar-refractivity contribution in [3.63, 3.8) is 0 Å². The predicted octanol–water partition coefficient (Wildman–Crippen LogP) is 6.30. The second-order valence-corrected chi connectivity index (χ2v) is 7.94. The molecule has 4 aromatic rings. The molecule has 2 aromatic carbocycles. The highest BCUT2D eigenvalue weighted by molar-refractivity contribution is 7.11. The first-order chi connectivity index (χ1) is 14.5. The summed E-state index contributed by atoms with van der Waals surface area (Å²) in [7, 11) is 1.59. The van der Waals surface area contributed by atoms with Crippen LogP contribution in [0.4, 0.5) is 0 Å². The summed E-state index contributed by atoms with van der Waals surface area (Å²) in [5, 5.41) is 13.1. The van der Waals surface area contributed by atoms with Gasteiger partial charge in [-0.3, -0.25) is 0 Å². The van der Waals surface area contributed by atoms with Gasteiger partial charge < -0.3 is 9.15 Å². The molecule has 30 heavy (non-hydrogen) atoms. The van der Waals surface area contributed by atoms with Crippen LogP contribution >= 0.6 is 34.5 Å². The number of ether oxygens (including phenoxy) is 1. The Balaban J connectivity index is 1.74. The molecule has 5 nitrogen and oxygen atoms in total. The van der Waals surface area contributed by atoms with E-state index < -0.39 is 5.63 Å². The molecule has 0 unspecified atom stereocenters. The topological polar surface area (TPSA) is 76.1 Å². The molecular formula is C22H12Cl2N2O3S. The minimum Gasteiger partial charge on any atom is -0.497 e. The summed E-state index contributed by atoms with van der Waals surface area (Å²) < 4.78 is 10.5. The number of hydrogen-bond donors (Lipinski definition) is 0. The molecular weight excluding hydrogens is 443 g/mol. The maximum atomic E-state index is 12.5. The van der Waals surface area contributed by atoms with Gasteiger partial charge in [-0.05, 0) is 42.0 Å². The van der Waals surface area contributed by atoms with Gasteiger partial charge in [-0.15, -0.1) is 11.3 Å². The zero-order chi connectivity index (χ0) is 21.3. The largest absolute Gasteiger partial charge is 0.497 e.